The summed E-state index contributed by atoms with van der Waals surface area (Å²) in [6.07, 6.45) is 12.6. The molecule has 0 aliphatic heterocycles. The number of aliphatic hydroxyl groups is 1. The fraction of sp³-hybridized carbons (Fsp3) is 0.429. The Morgan fingerprint density at radius 2 is 2.07 bits per heavy atom. The zero-order valence-electron chi connectivity index (χ0n) is 9.98. The predicted molar refractivity (Wildman–Crippen MR) is 67.7 cm³/mol. The van der Waals surface area contributed by atoms with Gasteiger partial charge in [0.2, 0.25) is 0 Å². The van der Waals surface area contributed by atoms with Crippen LogP contribution in [0.15, 0.2) is 48.6 Å². The molecule has 0 aromatic heterocycles. The van der Waals surface area contributed by atoms with E-state index in [1.54, 1.807) is 0 Å². The van der Waals surface area contributed by atoms with Gasteiger partial charge in [-0.3, -0.25) is 0 Å². The van der Waals surface area contributed by atoms with E-state index < -0.39 is 0 Å². The van der Waals surface area contributed by atoms with Crippen LogP contribution < -0.4 is 0 Å². The number of hydrogen-bond donors (Lipinski definition) is 1. The van der Waals surface area contributed by atoms with Crippen LogP contribution in [0.2, 0.25) is 0 Å². The van der Waals surface area contributed by atoms with Crippen molar-refractivity contribution in [1.82, 2.24) is 0 Å². The van der Waals surface area contributed by atoms with E-state index in [0.29, 0.717) is 5.92 Å². The maximum Gasteiger partial charge on any atom is 0.0540 e. The van der Waals surface area contributed by atoms with Crippen LogP contribution >= 0.6 is 0 Å². The van der Waals surface area contributed by atoms with Crippen LogP contribution in [0.5, 0.6) is 0 Å². The van der Waals surface area contributed by atoms with E-state index in [1.165, 1.54) is 0 Å². The summed E-state index contributed by atoms with van der Waals surface area (Å²) in [5, 5.41) is 9.30. The Labute approximate surface area is 93.5 Å². The van der Waals surface area contributed by atoms with E-state index >= 15 is 0 Å². The second kappa shape index (κ2) is 8.25. The molecule has 0 aliphatic carbocycles. The molecule has 0 aromatic rings. The van der Waals surface area contributed by atoms with Gasteiger partial charge in [0, 0.05) is 0 Å². The quantitative estimate of drug-likeness (QED) is 0.658. The smallest absolute Gasteiger partial charge is 0.0540 e. The zero-order valence-corrected chi connectivity index (χ0v) is 9.98. The van der Waals surface area contributed by atoms with Crippen molar-refractivity contribution in [3.63, 3.8) is 0 Å². The molecule has 0 fully saturated rings. The predicted octanol–water partition coefficient (Wildman–Crippen LogP) is 3.64. The zero-order chi connectivity index (χ0) is 11.7. The summed E-state index contributed by atoms with van der Waals surface area (Å²) in [6.45, 7) is 9.59. The fourth-order valence-electron chi connectivity index (χ4n) is 1.01. The highest BCUT2D eigenvalue weighted by Crippen LogP contribution is 2.09. The SMILES string of the molecule is C=CC(C=CCC(C)C(C)O)=CC=CC. The minimum Gasteiger partial charge on any atom is -0.393 e. The Morgan fingerprint density at radius 3 is 2.53 bits per heavy atom. The standard InChI is InChI=1S/C14H22O/c1-5-7-10-14(6-2)11-8-9-12(3)13(4)15/h5-8,10-13,15H,2,9H2,1,3-4H3. The van der Waals surface area contributed by atoms with Crippen LogP contribution in [0.25, 0.3) is 0 Å². The molecule has 0 saturated heterocycles. The normalized spacial score (nSPS) is 17.2. The van der Waals surface area contributed by atoms with Gasteiger partial charge in [0.15, 0.2) is 0 Å². The number of aliphatic hydroxyl groups excluding tert-OH is 1. The molecule has 0 aliphatic rings. The molecule has 0 spiro atoms. The third-order valence-electron chi connectivity index (χ3n) is 2.36. The molecular weight excluding hydrogens is 184 g/mol. The molecular formula is C14H22O. The second-order valence-electron chi connectivity index (χ2n) is 3.75. The molecule has 0 saturated carbocycles. The maximum atomic E-state index is 9.30. The van der Waals surface area contributed by atoms with E-state index in [0.717, 1.165) is 12.0 Å². The number of allylic oxidation sites excluding steroid dienone is 7. The number of hydrogen-bond acceptors (Lipinski definition) is 1. The van der Waals surface area contributed by atoms with Crippen LogP contribution in [0.3, 0.4) is 0 Å². The molecule has 0 bridgehead atoms. The molecule has 0 rings (SSSR count). The highest BCUT2D eigenvalue weighted by Gasteiger charge is 2.05. The first-order valence-electron chi connectivity index (χ1n) is 5.41. The third kappa shape index (κ3) is 6.92. The summed E-state index contributed by atoms with van der Waals surface area (Å²) in [6, 6.07) is 0. The van der Waals surface area contributed by atoms with Gasteiger partial charge in [-0.2, -0.15) is 0 Å². The summed E-state index contributed by atoms with van der Waals surface area (Å²) in [5.74, 6) is 0.300. The first-order valence-corrected chi connectivity index (χ1v) is 5.41. The first kappa shape index (κ1) is 13.9. The van der Waals surface area contributed by atoms with Gasteiger partial charge >= 0.3 is 0 Å². The molecule has 0 amide bonds. The van der Waals surface area contributed by atoms with Crippen LogP contribution in [-0.2, 0) is 0 Å². The molecule has 1 N–H and O–H groups in total. The molecule has 1 heteroatoms. The third-order valence-corrected chi connectivity index (χ3v) is 2.36. The van der Waals surface area contributed by atoms with Crippen molar-refractivity contribution >= 4 is 0 Å². The van der Waals surface area contributed by atoms with Gasteiger partial charge < -0.3 is 5.11 Å². The average Bonchev–Trinajstić information content (AvgIpc) is 2.22. The fourth-order valence-corrected chi connectivity index (χ4v) is 1.01. The minimum atomic E-state index is -0.249. The average molecular weight is 206 g/mol. The maximum absolute atomic E-state index is 9.30. The summed E-state index contributed by atoms with van der Waals surface area (Å²) in [7, 11) is 0. The van der Waals surface area contributed by atoms with Gasteiger partial charge in [-0.25, -0.2) is 0 Å². The van der Waals surface area contributed by atoms with Gasteiger partial charge in [0.05, 0.1) is 6.10 Å². The van der Waals surface area contributed by atoms with Crippen LogP contribution in [0.4, 0.5) is 0 Å². The minimum absolute atomic E-state index is 0.249. The Balaban J connectivity index is 4.19. The lowest BCUT2D eigenvalue weighted by Gasteiger charge is -2.11. The van der Waals surface area contributed by atoms with Crippen molar-refractivity contribution in [1.29, 1.82) is 0 Å². The van der Waals surface area contributed by atoms with Crippen LogP contribution in [-0.4, -0.2) is 11.2 Å². The lowest BCUT2D eigenvalue weighted by molar-refractivity contribution is 0.136. The molecule has 15 heavy (non-hydrogen) atoms. The molecule has 2 atom stereocenters. The second-order valence-corrected chi connectivity index (χ2v) is 3.75. The van der Waals surface area contributed by atoms with Gasteiger partial charge in [-0.1, -0.05) is 50.0 Å². The van der Waals surface area contributed by atoms with Crippen LogP contribution in [0.1, 0.15) is 27.2 Å². The van der Waals surface area contributed by atoms with Crippen molar-refractivity contribution < 1.29 is 5.11 Å². The Bertz CT molecular complexity index is 257. The van der Waals surface area contributed by atoms with E-state index in [-0.39, 0.29) is 6.10 Å². The monoisotopic (exact) mass is 206 g/mol. The van der Waals surface area contributed by atoms with Crippen molar-refractivity contribution in [3.05, 3.63) is 48.6 Å². The molecule has 84 valence electrons. The van der Waals surface area contributed by atoms with Crippen LogP contribution in [0, 0.1) is 5.92 Å². The lowest BCUT2D eigenvalue weighted by atomic mass is 10.0. The first-order chi connectivity index (χ1) is 7.11. The Morgan fingerprint density at radius 1 is 1.40 bits per heavy atom. The number of rotatable bonds is 6. The highest BCUT2D eigenvalue weighted by atomic mass is 16.3. The van der Waals surface area contributed by atoms with E-state index in [1.807, 2.05) is 51.2 Å². The largest absolute Gasteiger partial charge is 0.393 e. The van der Waals surface area contributed by atoms with Gasteiger partial charge in [-0.05, 0) is 31.8 Å². The topological polar surface area (TPSA) is 20.2 Å². The van der Waals surface area contributed by atoms with E-state index in [4.69, 9.17) is 0 Å². The molecule has 0 heterocycles. The van der Waals surface area contributed by atoms with Crippen molar-refractivity contribution in [2.45, 2.75) is 33.3 Å². The Hall–Kier alpha value is -1.08. The summed E-state index contributed by atoms with van der Waals surface area (Å²) in [4.78, 5) is 0. The van der Waals surface area contributed by atoms with E-state index in [2.05, 4.69) is 12.7 Å². The molecule has 1 nitrogen and oxygen atoms in total. The van der Waals surface area contributed by atoms with Crippen molar-refractivity contribution in [2.24, 2.45) is 5.92 Å². The summed E-state index contributed by atoms with van der Waals surface area (Å²) < 4.78 is 0. The Kier molecular flexibility index (Phi) is 7.65. The molecule has 0 aromatic carbocycles. The van der Waals surface area contributed by atoms with Gasteiger partial charge in [-0.15, -0.1) is 0 Å². The summed E-state index contributed by atoms with van der Waals surface area (Å²) in [5.41, 5.74) is 1.09. The summed E-state index contributed by atoms with van der Waals surface area (Å²) >= 11 is 0. The highest BCUT2D eigenvalue weighted by molar-refractivity contribution is 5.32. The van der Waals surface area contributed by atoms with E-state index in [9.17, 15) is 5.11 Å². The lowest BCUT2D eigenvalue weighted by Crippen LogP contribution is -2.11. The molecule has 0 radical (unpaired) electrons. The molecule has 2 unspecified atom stereocenters. The van der Waals surface area contributed by atoms with Crippen molar-refractivity contribution in [3.8, 4) is 0 Å². The van der Waals surface area contributed by atoms with Gasteiger partial charge in [0.25, 0.3) is 0 Å². The van der Waals surface area contributed by atoms with Crippen molar-refractivity contribution in [2.75, 3.05) is 0 Å². The van der Waals surface area contributed by atoms with Gasteiger partial charge in [0.1, 0.15) is 0 Å².